The van der Waals surface area contributed by atoms with Gasteiger partial charge in [-0.1, -0.05) is 36.3 Å². The molecule has 4 rings (SSSR count). The van der Waals surface area contributed by atoms with E-state index >= 15 is 0 Å². The number of pyridine rings is 1. The predicted molar refractivity (Wildman–Crippen MR) is 112 cm³/mol. The Morgan fingerprint density at radius 1 is 1.21 bits per heavy atom. The van der Waals surface area contributed by atoms with Crippen LogP contribution in [0.5, 0.6) is 5.75 Å². The lowest BCUT2D eigenvalue weighted by Gasteiger charge is -2.12. The summed E-state index contributed by atoms with van der Waals surface area (Å²) in [6.45, 7) is 0.207. The van der Waals surface area contributed by atoms with E-state index < -0.39 is 0 Å². The largest absolute Gasteiger partial charge is 0.497 e. The van der Waals surface area contributed by atoms with Gasteiger partial charge in [0.15, 0.2) is 0 Å². The van der Waals surface area contributed by atoms with Gasteiger partial charge in [-0.3, -0.25) is 4.79 Å². The van der Waals surface area contributed by atoms with Gasteiger partial charge in [0.05, 0.1) is 30.4 Å². The van der Waals surface area contributed by atoms with Crippen molar-refractivity contribution in [2.75, 3.05) is 13.7 Å². The number of amides is 1. The molecule has 0 saturated heterocycles. The average molecular weight is 368 g/mol. The molecule has 2 aromatic carbocycles. The first-order chi connectivity index (χ1) is 13.7. The fraction of sp³-hybridized carbons (Fsp3) is 0.167. The van der Waals surface area contributed by atoms with Crippen LogP contribution in [0.4, 0.5) is 0 Å². The second kappa shape index (κ2) is 7.58. The Morgan fingerprint density at radius 2 is 2.00 bits per heavy atom. The van der Waals surface area contributed by atoms with Gasteiger partial charge in [-0.15, -0.1) is 6.42 Å². The topological polar surface area (TPSA) is 51.2 Å². The summed E-state index contributed by atoms with van der Waals surface area (Å²) in [4.78, 5) is 17.7. The molecular formula is C24H20N2O2. The number of methoxy groups -OCH3 is 1. The van der Waals surface area contributed by atoms with Crippen molar-refractivity contribution < 1.29 is 9.53 Å². The van der Waals surface area contributed by atoms with Gasteiger partial charge in [0.25, 0.3) is 5.91 Å². The Bertz CT molecular complexity index is 1120. The van der Waals surface area contributed by atoms with E-state index in [4.69, 9.17) is 16.1 Å². The second-order valence-corrected chi connectivity index (χ2v) is 6.66. The Kier molecular flexibility index (Phi) is 4.82. The lowest BCUT2D eigenvalue weighted by molar-refractivity contribution is 0.0959. The number of hydrogen-bond donors (Lipinski definition) is 1. The molecule has 1 aromatic heterocycles. The van der Waals surface area contributed by atoms with Crippen molar-refractivity contribution in [2.45, 2.75) is 12.8 Å². The van der Waals surface area contributed by atoms with Crippen LogP contribution < -0.4 is 10.1 Å². The highest BCUT2D eigenvalue weighted by Crippen LogP contribution is 2.37. The Labute approximate surface area is 164 Å². The number of fused-ring (bicyclic) bond motifs is 2. The number of benzene rings is 2. The lowest BCUT2D eigenvalue weighted by Crippen LogP contribution is -2.25. The summed E-state index contributed by atoms with van der Waals surface area (Å²) in [5.41, 5.74) is 5.62. The second-order valence-electron chi connectivity index (χ2n) is 6.66. The SMILES string of the molecule is C#CCNC(=O)c1c2c(nc3ccccc13)C(=Cc1ccc(OC)cc1)CC2. The summed E-state index contributed by atoms with van der Waals surface area (Å²) in [6, 6.07) is 15.7. The highest BCUT2D eigenvalue weighted by Gasteiger charge is 2.26. The van der Waals surface area contributed by atoms with E-state index in [2.05, 4.69) is 17.3 Å². The molecule has 4 heteroatoms. The summed E-state index contributed by atoms with van der Waals surface area (Å²) >= 11 is 0. The van der Waals surface area contributed by atoms with Crippen molar-refractivity contribution in [3.63, 3.8) is 0 Å². The number of ether oxygens (including phenoxy) is 1. The number of nitrogens with zero attached hydrogens (tertiary/aromatic N) is 1. The number of rotatable bonds is 4. The van der Waals surface area contributed by atoms with Crippen molar-refractivity contribution in [1.82, 2.24) is 10.3 Å². The normalized spacial score (nSPS) is 13.9. The molecule has 0 radical (unpaired) electrons. The van der Waals surface area contributed by atoms with Gasteiger partial charge in [-0.2, -0.15) is 0 Å². The standard InChI is InChI=1S/C24H20N2O2/c1-3-14-25-24(27)22-19-6-4-5-7-21(19)26-23-17(10-13-20(22)23)15-16-8-11-18(28-2)12-9-16/h1,4-9,11-12,15H,10,13-14H2,2H3,(H,25,27). The zero-order valence-corrected chi connectivity index (χ0v) is 15.7. The lowest BCUT2D eigenvalue weighted by atomic mass is 10.00. The number of nitrogens with one attached hydrogen (secondary N) is 1. The van der Waals surface area contributed by atoms with E-state index in [-0.39, 0.29) is 12.5 Å². The number of terminal acetylenes is 1. The van der Waals surface area contributed by atoms with E-state index in [1.54, 1.807) is 7.11 Å². The molecule has 1 N–H and O–H groups in total. The maximum absolute atomic E-state index is 12.8. The summed E-state index contributed by atoms with van der Waals surface area (Å²) in [5, 5.41) is 3.67. The van der Waals surface area contributed by atoms with E-state index in [1.165, 1.54) is 0 Å². The van der Waals surface area contributed by atoms with Crippen molar-refractivity contribution in [2.24, 2.45) is 0 Å². The van der Waals surface area contributed by atoms with Crippen molar-refractivity contribution in [1.29, 1.82) is 0 Å². The number of allylic oxidation sites excluding steroid dienone is 1. The third-order valence-electron chi connectivity index (χ3n) is 4.98. The molecule has 0 fully saturated rings. The molecule has 1 amide bonds. The molecule has 0 saturated carbocycles. The minimum Gasteiger partial charge on any atom is -0.497 e. The minimum absolute atomic E-state index is 0.140. The van der Waals surface area contributed by atoms with Crippen LogP contribution in [0.1, 0.15) is 33.6 Å². The zero-order chi connectivity index (χ0) is 19.5. The molecular weight excluding hydrogens is 348 g/mol. The van der Waals surface area contributed by atoms with Crippen LogP contribution in [0.15, 0.2) is 48.5 Å². The van der Waals surface area contributed by atoms with Crippen LogP contribution in [0.25, 0.3) is 22.6 Å². The van der Waals surface area contributed by atoms with Crippen LogP contribution in [0.2, 0.25) is 0 Å². The van der Waals surface area contributed by atoms with Gasteiger partial charge in [-0.05, 0) is 53.8 Å². The number of carbonyl (C=O) groups excluding carboxylic acids is 1. The van der Waals surface area contributed by atoms with Gasteiger partial charge in [0, 0.05) is 5.39 Å². The van der Waals surface area contributed by atoms with Crippen molar-refractivity contribution >= 4 is 28.5 Å². The van der Waals surface area contributed by atoms with Crippen LogP contribution in [0.3, 0.4) is 0 Å². The van der Waals surface area contributed by atoms with E-state index in [0.29, 0.717) is 5.56 Å². The first-order valence-corrected chi connectivity index (χ1v) is 9.19. The number of hydrogen-bond acceptors (Lipinski definition) is 3. The van der Waals surface area contributed by atoms with E-state index in [9.17, 15) is 4.79 Å². The van der Waals surface area contributed by atoms with Gasteiger partial charge in [0.2, 0.25) is 0 Å². The Balaban J connectivity index is 1.83. The third-order valence-corrected chi connectivity index (χ3v) is 4.98. The van der Waals surface area contributed by atoms with Crippen LogP contribution >= 0.6 is 0 Å². The smallest absolute Gasteiger partial charge is 0.253 e. The number of aromatic nitrogens is 1. The Morgan fingerprint density at radius 3 is 2.75 bits per heavy atom. The first-order valence-electron chi connectivity index (χ1n) is 9.19. The highest BCUT2D eigenvalue weighted by molar-refractivity contribution is 6.09. The molecule has 3 aromatic rings. The molecule has 0 spiro atoms. The molecule has 138 valence electrons. The fourth-order valence-electron chi connectivity index (χ4n) is 3.66. The summed E-state index contributed by atoms with van der Waals surface area (Å²) in [6.07, 6.45) is 9.08. The molecule has 0 aliphatic heterocycles. The molecule has 0 unspecified atom stereocenters. The van der Waals surface area contributed by atoms with Gasteiger partial charge in [-0.25, -0.2) is 4.98 Å². The number of para-hydroxylation sites is 1. The average Bonchev–Trinajstić information content (AvgIpc) is 3.12. The molecule has 1 heterocycles. The predicted octanol–water partition coefficient (Wildman–Crippen LogP) is 4.09. The van der Waals surface area contributed by atoms with Gasteiger partial charge in [0.1, 0.15) is 5.75 Å². The van der Waals surface area contributed by atoms with Crippen LogP contribution in [-0.4, -0.2) is 24.5 Å². The first kappa shape index (κ1) is 17.8. The van der Waals surface area contributed by atoms with Gasteiger partial charge >= 0.3 is 0 Å². The Hall–Kier alpha value is -3.58. The minimum atomic E-state index is -0.140. The molecule has 28 heavy (non-hydrogen) atoms. The maximum atomic E-state index is 12.8. The molecule has 0 bridgehead atoms. The van der Waals surface area contributed by atoms with Gasteiger partial charge < -0.3 is 10.1 Å². The molecule has 1 aliphatic rings. The summed E-state index contributed by atoms with van der Waals surface area (Å²) < 4.78 is 5.23. The number of carbonyl (C=O) groups is 1. The van der Waals surface area contributed by atoms with Crippen molar-refractivity contribution in [3.05, 3.63) is 70.9 Å². The monoisotopic (exact) mass is 368 g/mol. The van der Waals surface area contributed by atoms with Crippen LogP contribution in [-0.2, 0) is 6.42 Å². The summed E-state index contributed by atoms with van der Waals surface area (Å²) in [7, 11) is 1.66. The maximum Gasteiger partial charge on any atom is 0.253 e. The highest BCUT2D eigenvalue weighted by atomic mass is 16.5. The van der Waals surface area contributed by atoms with Crippen LogP contribution in [0, 0.1) is 12.3 Å². The van der Waals surface area contributed by atoms with E-state index in [1.807, 2.05) is 48.5 Å². The van der Waals surface area contributed by atoms with E-state index in [0.717, 1.165) is 51.9 Å². The molecule has 4 nitrogen and oxygen atoms in total. The molecule has 1 aliphatic carbocycles. The van der Waals surface area contributed by atoms with Crippen molar-refractivity contribution in [3.8, 4) is 18.1 Å². The molecule has 0 atom stereocenters. The quantitative estimate of drug-likeness (QED) is 0.706. The summed E-state index contributed by atoms with van der Waals surface area (Å²) in [5.74, 6) is 3.15. The third kappa shape index (κ3) is 3.23. The fourth-order valence-corrected chi connectivity index (χ4v) is 3.66. The zero-order valence-electron chi connectivity index (χ0n) is 15.7.